The van der Waals surface area contributed by atoms with Gasteiger partial charge in [-0.05, 0) is 68.2 Å². The first-order chi connectivity index (χ1) is 13.7. The summed E-state index contributed by atoms with van der Waals surface area (Å²) in [6, 6.07) is 10.7. The maximum absolute atomic E-state index is 13.1. The van der Waals surface area contributed by atoms with E-state index >= 15 is 0 Å². The average molecular weight is 394 g/mol. The van der Waals surface area contributed by atoms with Crippen LogP contribution in [0.25, 0.3) is 0 Å². The SMILES string of the molecule is CC(C)(O)[C@H](NC(=O)c1ccc(C#CC#Cc2cccc(F)c2)cc1)C(=O)NO. The quantitative estimate of drug-likeness (QED) is 0.360. The van der Waals surface area contributed by atoms with Gasteiger partial charge >= 0.3 is 0 Å². The smallest absolute Gasteiger partial charge is 0.268 e. The molecular weight excluding hydrogens is 375 g/mol. The van der Waals surface area contributed by atoms with Crippen LogP contribution in [0.2, 0.25) is 0 Å². The Morgan fingerprint density at radius 3 is 2.21 bits per heavy atom. The Kier molecular flexibility index (Phi) is 7.10. The van der Waals surface area contributed by atoms with E-state index in [9.17, 15) is 19.1 Å². The first-order valence-corrected chi connectivity index (χ1v) is 8.55. The molecule has 4 N–H and O–H groups in total. The van der Waals surface area contributed by atoms with Gasteiger partial charge in [-0.25, -0.2) is 9.87 Å². The monoisotopic (exact) mass is 394 g/mol. The van der Waals surface area contributed by atoms with Crippen LogP contribution in [0.1, 0.15) is 35.3 Å². The average Bonchev–Trinajstić information content (AvgIpc) is 2.68. The van der Waals surface area contributed by atoms with Crippen LogP contribution in [0.15, 0.2) is 48.5 Å². The second kappa shape index (κ2) is 9.52. The van der Waals surface area contributed by atoms with Crippen molar-refractivity contribution in [2.24, 2.45) is 0 Å². The van der Waals surface area contributed by atoms with E-state index in [1.54, 1.807) is 24.3 Å². The van der Waals surface area contributed by atoms with Gasteiger partial charge in [-0.1, -0.05) is 17.9 Å². The molecular formula is C22H19FN2O4. The number of halogens is 1. The number of nitrogens with one attached hydrogen (secondary N) is 2. The highest BCUT2D eigenvalue weighted by molar-refractivity contribution is 5.97. The van der Waals surface area contributed by atoms with E-state index in [1.807, 2.05) is 0 Å². The molecule has 0 aromatic heterocycles. The lowest BCUT2D eigenvalue weighted by Gasteiger charge is -2.28. The summed E-state index contributed by atoms with van der Waals surface area (Å²) in [5, 5.41) is 21.1. The summed E-state index contributed by atoms with van der Waals surface area (Å²) in [5.41, 5.74) is 1.18. The molecule has 0 fully saturated rings. The van der Waals surface area contributed by atoms with Crippen molar-refractivity contribution in [2.75, 3.05) is 0 Å². The van der Waals surface area contributed by atoms with Gasteiger partial charge in [-0.15, -0.1) is 0 Å². The molecule has 0 spiro atoms. The predicted octanol–water partition coefficient (Wildman–Crippen LogP) is 1.60. The second-order valence-corrected chi connectivity index (χ2v) is 6.62. The summed E-state index contributed by atoms with van der Waals surface area (Å²) >= 11 is 0. The van der Waals surface area contributed by atoms with Crippen LogP contribution in [0.3, 0.4) is 0 Å². The number of hydrogen-bond acceptors (Lipinski definition) is 4. The fraction of sp³-hybridized carbons (Fsp3) is 0.182. The fourth-order valence-corrected chi connectivity index (χ4v) is 2.32. The Morgan fingerprint density at radius 2 is 1.66 bits per heavy atom. The summed E-state index contributed by atoms with van der Waals surface area (Å²) in [7, 11) is 0. The number of hydroxylamine groups is 1. The van der Waals surface area contributed by atoms with Gasteiger partial charge < -0.3 is 10.4 Å². The lowest BCUT2D eigenvalue weighted by atomic mass is 9.97. The summed E-state index contributed by atoms with van der Waals surface area (Å²) in [5.74, 6) is 8.88. The highest BCUT2D eigenvalue weighted by atomic mass is 19.1. The second-order valence-electron chi connectivity index (χ2n) is 6.62. The fourth-order valence-electron chi connectivity index (χ4n) is 2.32. The van der Waals surface area contributed by atoms with E-state index < -0.39 is 23.5 Å². The molecule has 0 saturated carbocycles. The topological polar surface area (TPSA) is 98.7 Å². The first-order valence-electron chi connectivity index (χ1n) is 8.55. The van der Waals surface area contributed by atoms with Gasteiger partial charge in [0.25, 0.3) is 11.8 Å². The third-order valence-corrected chi connectivity index (χ3v) is 3.80. The summed E-state index contributed by atoms with van der Waals surface area (Å²) in [4.78, 5) is 24.0. The van der Waals surface area contributed by atoms with Crippen LogP contribution in [0, 0.1) is 29.5 Å². The van der Waals surface area contributed by atoms with Crippen LogP contribution < -0.4 is 10.8 Å². The Bertz CT molecular complexity index is 1020. The van der Waals surface area contributed by atoms with Crippen molar-refractivity contribution >= 4 is 11.8 Å². The van der Waals surface area contributed by atoms with Crippen molar-refractivity contribution in [3.05, 3.63) is 71.0 Å². The number of aliphatic hydroxyl groups is 1. The molecule has 0 radical (unpaired) electrons. The van der Waals surface area contributed by atoms with Gasteiger partial charge in [0.15, 0.2) is 0 Å². The molecule has 6 nitrogen and oxygen atoms in total. The van der Waals surface area contributed by atoms with Crippen molar-refractivity contribution in [1.29, 1.82) is 0 Å². The van der Waals surface area contributed by atoms with E-state index in [0.29, 0.717) is 11.1 Å². The molecule has 0 unspecified atom stereocenters. The normalized spacial score (nSPS) is 11.2. The zero-order valence-corrected chi connectivity index (χ0v) is 15.8. The van der Waals surface area contributed by atoms with Crippen molar-refractivity contribution in [2.45, 2.75) is 25.5 Å². The molecule has 148 valence electrons. The van der Waals surface area contributed by atoms with Crippen molar-refractivity contribution in [1.82, 2.24) is 10.8 Å². The number of carbonyl (C=O) groups is 2. The van der Waals surface area contributed by atoms with Gasteiger partial charge in [0, 0.05) is 16.7 Å². The van der Waals surface area contributed by atoms with Crippen LogP contribution >= 0.6 is 0 Å². The molecule has 7 heteroatoms. The molecule has 0 bridgehead atoms. The van der Waals surface area contributed by atoms with Crippen molar-refractivity contribution < 1.29 is 24.3 Å². The molecule has 1 atom stereocenters. The Morgan fingerprint density at radius 1 is 1.03 bits per heavy atom. The van der Waals surface area contributed by atoms with E-state index in [4.69, 9.17) is 5.21 Å². The lowest BCUT2D eigenvalue weighted by Crippen LogP contribution is -2.57. The van der Waals surface area contributed by atoms with E-state index in [-0.39, 0.29) is 11.4 Å². The summed E-state index contributed by atoms with van der Waals surface area (Å²) in [6.45, 7) is 2.66. The Labute approximate surface area is 167 Å². The molecule has 2 aromatic carbocycles. The minimum Gasteiger partial charge on any atom is -0.388 e. The van der Waals surface area contributed by atoms with Gasteiger partial charge in [-0.2, -0.15) is 0 Å². The standard InChI is InChI=1S/C22H19FN2O4/c1-22(2,28)19(21(27)25-29)24-20(26)17-12-10-15(11-13-17)6-3-4-7-16-8-5-9-18(23)14-16/h5,8-14,19,28-29H,1-2H3,(H,24,26)(H,25,27)/t19-/m1/s1. The predicted molar refractivity (Wildman–Crippen MR) is 104 cm³/mol. The first kappa shape index (κ1) is 21.6. The van der Waals surface area contributed by atoms with Crippen LogP contribution in [0.5, 0.6) is 0 Å². The summed E-state index contributed by atoms with van der Waals surface area (Å²) < 4.78 is 13.1. The zero-order chi connectivity index (χ0) is 21.4. The van der Waals surface area contributed by atoms with E-state index in [1.165, 1.54) is 43.6 Å². The molecule has 2 amide bonds. The van der Waals surface area contributed by atoms with Crippen LogP contribution in [-0.2, 0) is 4.79 Å². The Hall–Kier alpha value is -3.65. The minimum absolute atomic E-state index is 0.237. The number of amides is 2. The van der Waals surface area contributed by atoms with E-state index in [2.05, 4.69) is 29.0 Å². The molecule has 0 heterocycles. The van der Waals surface area contributed by atoms with Gasteiger partial charge in [0.05, 0.1) is 5.60 Å². The molecule has 0 aliphatic heterocycles. The molecule has 2 rings (SSSR count). The number of carbonyl (C=O) groups excluding carboxylic acids is 2. The molecule has 0 aliphatic carbocycles. The molecule has 0 saturated heterocycles. The maximum Gasteiger partial charge on any atom is 0.268 e. The largest absolute Gasteiger partial charge is 0.388 e. The van der Waals surface area contributed by atoms with Gasteiger partial charge in [0.1, 0.15) is 11.9 Å². The molecule has 2 aromatic rings. The number of benzene rings is 2. The lowest BCUT2D eigenvalue weighted by molar-refractivity contribution is -0.136. The maximum atomic E-state index is 13.1. The van der Waals surface area contributed by atoms with Crippen molar-refractivity contribution in [3.63, 3.8) is 0 Å². The van der Waals surface area contributed by atoms with Gasteiger partial charge in [0.2, 0.25) is 0 Å². The minimum atomic E-state index is -1.59. The van der Waals surface area contributed by atoms with Crippen LogP contribution in [0.4, 0.5) is 4.39 Å². The third-order valence-electron chi connectivity index (χ3n) is 3.80. The van der Waals surface area contributed by atoms with Crippen molar-refractivity contribution in [3.8, 4) is 23.7 Å². The van der Waals surface area contributed by atoms with Crippen LogP contribution in [-0.4, -0.2) is 33.8 Å². The Balaban J connectivity index is 2.07. The summed E-state index contributed by atoms with van der Waals surface area (Å²) in [6.07, 6.45) is 0. The number of rotatable bonds is 4. The highest BCUT2D eigenvalue weighted by Gasteiger charge is 2.34. The van der Waals surface area contributed by atoms with E-state index in [0.717, 1.165) is 0 Å². The molecule has 29 heavy (non-hydrogen) atoms. The molecule has 0 aliphatic rings. The zero-order valence-electron chi connectivity index (χ0n) is 15.8. The van der Waals surface area contributed by atoms with Gasteiger partial charge in [-0.3, -0.25) is 14.8 Å². The number of hydrogen-bond donors (Lipinski definition) is 4. The third kappa shape index (κ3) is 6.47. The highest BCUT2D eigenvalue weighted by Crippen LogP contribution is 2.11.